The summed E-state index contributed by atoms with van der Waals surface area (Å²) in [7, 11) is 0. The fourth-order valence-electron chi connectivity index (χ4n) is 2.80. The van der Waals surface area contributed by atoms with Gasteiger partial charge in [0, 0.05) is 30.3 Å². The molecule has 1 aromatic rings. The van der Waals surface area contributed by atoms with Gasteiger partial charge in [-0.2, -0.15) is 0 Å². The summed E-state index contributed by atoms with van der Waals surface area (Å²) in [4.78, 5) is 36.6. The summed E-state index contributed by atoms with van der Waals surface area (Å²) in [6, 6.07) is 6.83. The number of amides is 2. The van der Waals surface area contributed by atoms with Gasteiger partial charge >= 0.3 is 5.97 Å². The zero-order valence-electron chi connectivity index (χ0n) is 14.1. The lowest BCUT2D eigenvalue weighted by atomic mass is 10.1. The number of carboxylic acids is 1. The summed E-state index contributed by atoms with van der Waals surface area (Å²) < 4.78 is 0. The molecule has 0 radical (unpaired) electrons. The zero-order chi connectivity index (χ0) is 17.7. The Morgan fingerprint density at radius 3 is 2.54 bits per heavy atom. The van der Waals surface area contributed by atoms with Gasteiger partial charge in [-0.25, -0.2) is 0 Å². The molecule has 2 amide bonds. The molecule has 2 atom stereocenters. The first-order chi connectivity index (χ1) is 11.4. The third kappa shape index (κ3) is 4.34. The van der Waals surface area contributed by atoms with Crippen LogP contribution in [-0.4, -0.2) is 35.5 Å². The molecular weight excluding hydrogens is 308 g/mol. The van der Waals surface area contributed by atoms with Crippen LogP contribution >= 0.6 is 0 Å². The van der Waals surface area contributed by atoms with Crippen molar-refractivity contribution in [3.63, 3.8) is 0 Å². The number of hydrogen-bond donors (Lipinski definition) is 2. The minimum absolute atomic E-state index is 0.0204. The normalized spacial score (nSPS) is 18.5. The van der Waals surface area contributed by atoms with Crippen molar-refractivity contribution >= 4 is 23.5 Å². The molecule has 2 N–H and O–H groups in total. The Morgan fingerprint density at radius 2 is 2.00 bits per heavy atom. The maximum absolute atomic E-state index is 12.2. The highest BCUT2D eigenvalue weighted by atomic mass is 16.4. The number of rotatable bonds is 7. The van der Waals surface area contributed by atoms with E-state index in [1.807, 2.05) is 6.92 Å². The fourth-order valence-corrected chi connectivity index (χ4v) is 2.80. The molecule has 0 aliphatic carbocycles. The lowest BCUT2D eigenvalue weighted by molar-refractivity contribution is -0.141. The van der Waals surface area contributed by atoms with Crippen LogP contribution in [0, 0.1) is 5.92 Å². The maximum atomic E-state index is 12.2. The Labute approximate surface area is 141 Å². The highest BCUT2D eigenvalue weighted by Crippen LogP contribution is 2.25. The van der Waals surface area contributed by atoms with Crippen molar-refractivity contribution in [2.24, 2.45) is 5.92 Å². The van der Waals surface area contributed by atoms with Crippen molar-refractivity contribution in [3.05, 3.63) is 29.8 Å². The number of unbranched alkanes of at least 4 members (excludes halogenated alkanes) is 1. The number of carbonyl (C=O) groups excluding carboxylic acids is 2. The van der Waals surface area contributed by atoms with Crippen LogP contribution in [0.5, 0.6) is 0 Å². The maximum Gasteiger partial charge on any atom is 0.308 e. The van der Waals surface area contributed by atoms with Crippen LogP contribution in [-0.2, 0) is 9.59 Å². The van der Waals surface area contributed by atoms with E-state index < -0.39 is 11.9 Å². The van der Waals surface area contributed by atoms with E-state index in [-0.39, 0.29) is 30.8 Å². The molecule has 1 aliphatic rings. The van der Waals surface area contributed by atoms with Gasteiger partial charge in [0.2, 0.25) is 5.91 Å². The second-order valence-corrected chi connectivity index (χ2v) is 6.31. The third-order valence-electron chi connectivity index (χ3n) is 4.28. The number of benzene rings is 1. The number of aliphatic carboxylic acids is 1. The van der Waals surface area contributed by atoms with Gasteiger partial charge in [-0.3, -0.25) is 14.4 Å². The van der Waals surface area contributed by atoms with E-state index in [9.17, 15) is 14.4 Å². The molecule has 0 saturated carbocycles. The van der Waals surface area contributed by atoms with Crippen LogP contribution < -0.4 is 10.2 Å². The quantitative estimate of drug-likeness (QED) is 0.803. The molecule has 1 fully saturated rings. The first-order valence-electron chi connectivity index (χ1n) is 8.36. The van der Waals surface area contributed by atoms with E-state index >= 15 is 0 Å². The molecule has 6 nitrogen and oxygen atoms in total. The van der Waals surface area contributed by atoms with Crippen LogP contribution in [0.3, 0.4) is 0 Å². The molecule has 2 rings (SSSR count). The first-order valence-corrected chi connectivity index (χ1v) is 8.36. The molecule has 0 spiro atoms. The third-order valence-corrected chi connectivity index (χ3v) is 4.28. The van der Waals surface area contributed by atoms with E-state index in [1.54, 1.807) is 24.3 Å². The lowest BCUT2D eigenvalue weighted by Gasteiger charge is -2.17. The standard InChI is InChI=1S/C18H24N2O4/c1-3-4-5-12(2)19-17(22)13-6-8-15(9-7-13)20-11-14(18(23)24)10-16(20)21/h6-9,12,14H,3-5,10-11H2,1-2H3,(H,19,22)(H,23,24). The van der Waals surface area contributed by atoms with Crippen molar-refractivity contribution in [3.8, 4) is 0 Å². The minimum atomic E-state index is -0.956. The molecule has 1 heterocycles. The summed E-state index contributed by atoms with van der Waals surface area (Å²) in [5, 5.41) is 12.0. The Balaban J connectivity index is 1.99. The summed E-state index contributed by atoms with van der Waals surface area (Å²) in [5.41, 5.74) is 1.16. The fraction of sp³-hybridized carbons (Fsp3) is 0.500. The molecule has 1 saturated heterocycles. The van der Waals surface area contributed by atoms with Gasteiger partial charge in [-0.1, -0.05) is 19.8 Å². The monoisotopic (exact) mass is 332 g/mol. The predicted molar refractivity (Wildman–Crippen MR) is 91.0 cm³/mol. The van der Waals surface area contributed by atoms with Crippen LogP contribution in [0.25, 0.3) is 0 Å². The van der Waals surface area contributed by atoms with E-state index in [2.05, 4.69) is 12.2 Å². The summed E-state index contributed by atoms with van der Waals surface area (Å²) in [6.07, 6.45) is 3.13. The van der Waals surface area contributed by atoms with Crippen molar-refractivity contribution in [1.29, 1.82) is 0 Å². The molecule has 24 heavy (non-hydrogen) atoms. The zero-order valence-corrected chi connectivity index (χ0v) is 14.1. The molecule has 130 valence electrons. The van der Waals surface area contributed by atoms with Crippen molar-refractivity contribution in [1.82, 2.24) is 5.32 Å². The highest BCUT2D eigenvalue weighted by Gasteiger charge is 2.35. The molecule has 0 aromatic heterocycles. The average Bonchev–Trinajstić information content (AvgIpc) is 2.95. The van der Waals surface area contributed by atoms with Gasteiger partial charge < -0.3 is 15.3 Å². The van der Waals surface area contributed by atoms with Crippen LogP contribution in [0.4, 0.5) is 5.69 Å². The SMILES string of the molecule is CCCCC(C)NC(=O)c1ccc(N2CC(C(=O)O)CC2=O)cc1. The van der Waals surface area contributed by atoms with Crippen molar-refractivity contribution in [2.75, 3.05) is 11.4 Å². The predicted octanol–water partition coefficient (Wildman–Crippen LogP) is 2.43. The van der Waals surface area contributed by atoms with Crippen LogP contribution in [0.1, 0.15) is 49.9 Å². The summed E-state index contributed by atoms with van der Waals surface area (Å²) >= 11 is 0. The number of hydrogen-bond acceptors (Lipinski definition) is 3. The van der Waals surface area contributed by atoms with Gasteiger partial charge in [0.15, 0.2) is 0 Å². The molecule has 1 aliphatic heterocycles. The number of carboxylic acid groups (broad SMARTS) is 1. The summed E-state index contributed by atoms with van der Waals surface area (Å²) in [6.45, 7) is 4.27. The smallest absolute Gasteiger partial charge is 0.308 e. The molecule has 6 heteroatoms. The van der Waals surface area contributed by atoms with Gasteiger partial charge in [0.25, 0.3) is 5.91 Å². The van der Waals surface area contributed by atoms with E-state index in [1.165, 1.54) is 4.90 Å². The van der Waals surface area contributed by atoms with Gasteiger partial charge in [-0.05, 0) is 37.6 Å². The van der Waals surface area contributed by atoms with E-state index in [4.69, 9.17) is 5.11 Å². The largest absolute Gasteiger partial charge is 0.481 e. The Morgan fingerprint density at radius 1 is 1.33 bits per heavy atom. The average molecular weight is 332 g/mol. The number of nitrogens with zero attached hydrogens (tertiary/aromatic N) is 1. The Bertz CT molecular complexity index is 612. The molecule has 2 unspecified atom stereocenters. The first kappa shape index (κ1) is 18.0. The second-order valence-electron chi connectivity index (χ2n) is 6.31. The Kier molecular flexibility index (Phi) is 5.95. The van der Waals surface area contributed by atoms with Gasteiger partial charge in [0.05, 0.1) is 5.92 Å². The number of nitrogens with one attached hydrogen (secondary N) is 1. The van der Waals surface area contributed by atoms with Gasteiger partial charge in [-0.15, -0.1) is 0 Å². The second kappa shape index (κ2) is 7.95. The lowest BCUT2D eigenvalue weighted by Crippen LogP contribution is -2.32. The van der Waals surface area contributed by atoms with E-state index in [0.717, 1.165) is 19.3 Å². The van der Waals surface area contributed by atoms with Gasteiger partial charge in [0.1, 0.15) is 0 Å². The van der Waals surface area contributed by atoms with Crippen molar-refractivity contribution in [2.45, 2.75) is 45.6 Å². The highest BCUT2D eigenvalue weighted by molar-refractivity contribution is 6.00. The van der Waals surface area contributed by atoms with Crippen LogP contribution in [0.15, 0.2) is 24.3 Å². The molecule has 0 bridgehead atoms. The van der Waals surface area contributed by atoms with Crippen molar-refractivity contribution < 1.29 is 19.5 Å². The Hall–Kier alpha value is -2.37. The number of anilines is 1. The minimum Gasteiger partial charge on any atom is -0.481 e. The molecule has 1 aromatic carbocycles. The topological polar surface area (TPSA) is 86.7 Å². The van der Waals surface area contributed by atoms with E-state index in [0.29, 0.717) is 11.3 Å². The van der Waals surface area contributed by atoms with Crippen LogP contribution in [0.2, 0.25) is 0 Å². The summed E-state index contributed by atoms with van der Waals surface area (Å²) in [5.74, 6) is -1.96. The number of carbonyl (C=O) groups is 3. The molecular formula is C18H24N2O4.